The van der Waals surface area contributed by atoms with Gasteiger partial charge in [-0.2, -0.15) is 5.10 Å². The zero-order valence-electron chi connectivity index (χ0n) is 18.4. The molecule has 0 saturated carbocycles. The molecule has 2 aromatic rings. The van der Waals surface area contributed by atoms with E-state index >= 15 is 0 Å². The lowest BCUT2D eigenvalue weighted by atomic mass is 9.98. The van der Waals surface area contributed by atoms with Gasteiger partial charge in [0, 0.05) is 31.4 Å². The van der Waals surface area contributed by atoms with E-state index in [1.165, 1.54) is 50.6 Å². The van der Waals surface area contributed by atoms with Crippen LogP contribution < -0.4 is 4.90 Å². The van der Waals surface area contributed by atoms with Crippen molar-refractivity contribution in [3.8, 4) is 11.3 Å². The van der Waals surface area contributed by atoms with Gasteiger partial charge in [-0.1, -0.05) is 11.6 Å². The molecule has 0 unspecified atom stereocenters. The first-order valence-corrected chi connectivity index (χ1v) is 12.0. The summed E-state index contributed by atoms with van der Waals surface area (Å²) in [6, 6.07) is 2.32. The second kappa shape index (κ2) is 9.49. The van der Waals surface area contributed by atoms with E-state index in [1.807, 2.05) is 23.1 Å². The minimum Gasteiger partial charge on any atom is -0.394 e. The van der Waals surface area contributed by atoms with Crippen molar-refractivity contribution in [3.05, 3.63) is 35.8 Å². The molecule has 2 aliphatic heterocycles. The fourth-order valence-corrected chi connectivity index (χ4v) is 5.42. The number of hydrogen-bond acceptors (Lipinski definition) is 6. The summed E-state index contributed by atoms with van der Waals surface area (Å²) in [5, 5.41) is 14.3. The Bertz CT molecular complexity index is 917. The van der Waals surface area contributed by atoms with Gasteiger partial charge >= 0.3 is 0 Å². The molecule has 4 heterocycles. The lowest BCUT2D eigenvalue weighted by Crippen LogP contribution is -2.28. The summed E-state index contributed by atoms with van der Waals surface area (Å²) >= 11 is 0. The second-order valence-corrected chi connectivity index (χ2v) is 9.06. The first-order chi connectivity index (χ1) is 15.3. The maximum absolute atomic E-state index is 9.67. The quantitative estimate of drug-likeness (QED) is 0.688. The average Bonchev–Trinajstić information content (AvgIpc) is 3.56. The Balaban J connectivity index is 1.47. The minimum absolute atomic E-state index is 0.0921. The molecule has 2 fully saturated rings. The van der Waals surface area contributed by atoms with Gasteiger partial charge in [-0.25, -0.2) is 9.97 Å². The largest absolute Gasteiger partial charge is 0.394 e. The molecule has 31 heavy (non-hydrogen) atoms. The summed E-state index contributed by atoms with van der Waals surface area (Å²) in [6.07, 6.45) is 16.1. The third-order valence-electron chi connectivity index (χ3n) is 6.97. The molecular weight excluding hydrogens is 388 g/mol. The third kappa shape index (κ3) is 4.39. The van der Waals surface area contributed by atoms with Crippen molar-refractivity contribution in [1.29, 1.82) is 0 Å². The summed E-state index contributed by atoms with van der Waals surface area (Å²) in [6.45, 7) is 4.85. The van der Waals surface area contributed by atoms with Crippen molar-refractivity contribution in [1.82, 2.24) is 24.6 Å². The maximum atomic E-state index is 9.67. The van der Waals surface area contributed by atoms with Crippen LogP contribution in [0.1, 0.15) is 63.1 Å². The van der Waals surface area contributed by atoms with Gasteiger partial charge in [0.05, 0.1) is 36.8 Å². The van der Waals surface area contributed by atoms with Gasteiger partial charge in [-0.3, -0.25) is 9.58 Å². The summed E-state index contributed by atoms with van der Waals surface area (Å²) in [7, 11) is 0. The van der Waals surface area contributed by atoms with Crippen molar-refractivity contribution in [2.45, 2.75) is 64.0 Å². The number of aliphatic hydroxyl groups excluding tert-OH is 1. The highest BCUT2D eigenvalue weighted by molar-refractivity contribution is 5.63. The number of aromatic nitrogens is 4. The smallest absolute Gasteiger partial charge is 0.225 e. The fourth-order valence-electron chi connectivity index (χ4n) is 5.42. The van der Waals surface area contributed by atoms with E-state index in [-0.39, 0.29) is 6.61 Å². The van der Waals surface area contributed by atoms with Gasteiger partial charge in [0.15, 0.2) is 0 Å². The van der Waals surface area contributed by atoms with Crippen molar-refractivity contribution >= 4 is 5.95 Å². The predicted octanol–water partition coefficient (Wildman–Crippen LogP) is 3.57. The van der Waals surface area contributed by atoms with E-state index in [0.29, 0.717) is 12.6 Å². The standard InChI is InChI=1S/C24H34N6O/c31-16-15-30-23(22-9-6-14-29(22)18-19-7-2-1-3-8-19)20(17-26-30)21-10-11-25-24(27-21)28-12-4-5-13-28/h7,10-11,17,22,31H,1-6,8-9,12-16,18H2/t22-/m0/s1. The van der Waals surface area contributed by atoms with Crippen LogP contribution in [0.3, 0.4) is 0 Å². The number of rotatable bonds is 7. The minimum atomic E-state index is 0.0921. The molecule has 5 rings (SSSR count). The van der Waals surface area contributed by atoms with E-state index in [0.717, 1.165) is 49.8 Å². The van der Waals surface area contributed by atoms with E-state index in [2.05, 4.69) is 26.0 Å². The molecule has 3 aliphatic rings. The van der Waals surface area contributed by atoms with E-state index in [4.69, 9.17) is 4.98 Å². The Morgan fingerprint density at radius 3 is 2.77 bits per heavy atom. The molecule has 0 radical (unpaired) electrons. The van der Waals surface area contributed by atoms with Crippen LogP contribution in [0.15, 0.2) is 30.1 Å². The first kappa shape index (κ1) is 20.6. The van der Waals surface area contributed by atoms with Gasteiger partial charge in [0.2, 0.25) is 5.95 Å². The van der Waals surface area contributed by atoms with Crippen LogP contribution in [0.4, 0.5) is 5.95 Å². The topological polar surface area (TPSA) is 70.3 Å². The Kier molecular flexibility index (Phi) is 6.32. The molecule has 7 heteroatoms. The molecule has 0 bridgehead atoms. The first-order valence-electron chi connectivity index (χ1n) is 12.0. The Labute approximate surface area is 184 Å². The molecule has 0 spiro atoms. The van der Waals surface area contributed by atoms with Crippen molar-refractivity contribution < 1.29 is 5.11 Å². The Morgan fingerprint density at radius 1 is 1.06 bits per heavy atom. The summed E-state index contributed by atoms with van der Waals surface area (Å²) in [5.41, 5.74) is 4.82. The van der Waals surface area contributed by atoms with Crippen LogP contribution in [0, 0.1) is 0 Å². The normalized spacial score (nSPS) is 22.3. The number of likely N-dealkylation sites (tertiary alicyclic amines) is 1. The molecule has 1 N–H and O–H groups in total. The van der Waals surface area contributed by atoms with Gasteiger partial charge in [-0.05, 0) is 64.0 Å². The van der Waals surface area contributed by atoms with Crippen LogP contribution in [-0.4, -0.2) is 62.5 Å². The maximum Gasteiger partial charge on any atom is 0.225 e. The van der Waals surface area contributed by atoms with Gasteiger partial charge in [-0.15, -0.1) is 0 Å². The van der Waals surface area contributed by atoms with Crippen molar-refractivity contribution in [2.75, 3.05) is 37.7 Å². The summed E-state index contributed by atoms with van der Waals surface area (Å²) in [4.78, 5) is 14.4. The summed E-state index contributed by atoms with van der Waals surface area (Å²) in [5.74, 6) is 0.825. The lowest BCUT2D eigenvalue weighted by molar-refractivity contribution is 0.241. The molecule has 1 atom stereocenters. The van der Waals surface area contributed by atoms with Crippen molar-refractivity contribution in [3.63, 3.8) is 0 Å². The van der Waals surface area contributed by atoms with E-state index < -0.39 is 0 Å². The lowest BCUT2D eigenvalue weighted by Gasteiger charge is -2.28. The van der Waals surface area contributed by atoms with Crippen LogP contribution in [-0.2, 0) is 6.54 Å². The van der Waals surface area contributed by atoms with Crippen LogP contribution >= 0.6 is 0 Å². The third-order valence-corrected chi connectivity index (χ3v) is 6.97. The molecule has 166 valence electrons. The van der Waals surface area contributed by atoms with Crippen LogP contribution in [0.2, 0.25) is 0 Å². The predicted molar refractivity (Wildman–Crippen MR) is 122 cm³/mol. The van der Waals surface area contributed by atoms with Crippen LogP contribution in [0.5, 0.6) is 0 Å². The molecule has 1 aliphatic carbocycles. The average molecular weight is 423 g/mol. The van der Waals surface area contributed by atoms with Crippen LogP contribution in [0.25, 0.3) is 11.3 Å². The molecule has 2 saturated heterocycles. The van der Waals surface area contributed by atoms with Gasteiger partial charge in [0.1, 0.15) is 0 Å². The molecule has 0 aromatic carbocycles. The van der Waals surface area contributed by atoms with Gasteiger partial charge in [0.25, 0.3) is 0 Å². The highest BCUT2D eigenvalue weighted by atomic mass is 16.3. The zero-order valence-corrected chi connectivity index (χ0v) is 18.4. The molecule has 2 aromatic heterocycles. The zero-order chi connectivity index (χ0) is 21.0. The SMILES string of the molecule is OCCn1ncc(-c2ccnc(N3CCCC3)n2)c1[C@@H]1CCCN1CC1=CCCCC1. The summed E-state index contributed by atoms with van der Waals surface area (Å²) < 4.78 is 2.01. The Morgan fingerprint density at radius 2 is 1.97 bits per heavy atom. The Hall–Kier alpha value is -2.25. The molecular formula is C24H34N6O. The molecule has 0 amide bonds. The number of anilines is 1. The number of aliphatic hydroxyl groups is 1. The van der Waals surface area contributed by atoms with Crippen molar-refractivity contribution in [2.24, 2.45) is 0 Å². The number of hydrogen-bond donors (Lipinski definition) is 1. The van der Waals surface area contributed by atoms with Gasteiger partial charge < -0.3 is 10.0 Å². The number of nitrogens with zero attached hydrogens (tertiary/aromatic N) is 6. The van der Waals surface area contributed by atoms with E-state index in [1.54, 1.807) is 5.57 Å². The fraction of sp³-hybridized carbons (Fsp3) is 0.625. The van der Waals surface area contributed by atoms with E-state index in [9.17, 15) is 5.11 Å². The number of allylic oxidation sites excluding steroid dienone is 1. The highest BCUT2D eigenvalue weighted by Crippen LogP contribution is 2.38. The highest BCUT2D eigenvalue weighted by Gasteiger charge is 2.32. The second-order valence-electron chi connectivity index (χ2n) is 9.06. The monoisotopic (exact) mass is 422 g/mol. The molecule has 7 nitrogen and oxygen atoms in total.